The maximum Gasteiger partial charge on any atom is 0.408 e. The van der Waals surface area contributed by atoms with Crippen molar-refractivity contribution < 1.29 is 19.1 Å². The second kappa shape index (κ2) is 10.9. The molecule has 0 saturated carbocycles. The summed E-state index contributed by atoms with van der Waals surface area (Å²) in [6, 6.07) is 10.6. The van der Waals surface area contributed by atoms with Gasteiger partial charge in [0.1, 0.15) is 11.2 Å². The van der Waals surface area contributed by atoms with Gasteiger partial charge in [-0.15, -0.1) is 0 Å². The SMILES string of the molecule is C=C([C@H](CCCCNC(=O)OC(C)(C)C)NC(=O)OC(C)(C)C)N1[C@H](c2ccccc2)[C@@H]1C. The Labute approximate surface area is 198 Å². The summed E-state index contributed by atoms with van der Waals surface area (Å²) in [5.74, 6) is 0. The number of hydrogen-bond donors (Lipinski definition) is 2. The lowest BCUT2D eigenvalue weighted by Gasteiger charge is -2.26. The maximum absolute atomic E-state index is 12.5. The molecule has 0 unspecified atom stereocenters. The van der Waals surface area contributed by atoms with Crippen LogP contribution in [0.15, 0.2) is 42.6 Å². The lowest BCUT2D eigenvalue weighted by atomic mass is 10.1. The molecule has 1 fully saturated rings. The Kier molecular flexibility index (Phi) is 8.81. The molecule has 2 rings (SSSR count). The summed E-state index contributed by atoms with van der Waals surface area (Å²) < 4.78 is 10.7. The second-order valence-corrected chi connectivity index (χ2v) is 10.6. The van der Waals surface area contributed by atoms with Crippen molar-refractivity contribution in [3.05, 3.63) is 48.2 Å². The van der Waals surface area contributed by atoms with Crippen molar-refractivity contribution >= 4 is 12.2 Å². The average Bonchev–Trinajstić information content (AvgIpc) is 3.35. The molecule has 1 aliphatic heterocycles. The lowest BCUT2D eigenvalue weighted by molar-refractivity contribution is 0.0503. The molecule has 184 valence electrons. The van der Waals surface area contributed by atoms with E-state index in [1.54, 1.807) is 0 Å². The van der Waals surface area contributed by atoms with Crippen LogP contribution in [0.4, 0.5) is 9.59 Å². The third-order valence-corrected chi connectivity index (χ3v) is 5.26. The Morgan fingerprint density at radius 2 is 1.58 bits per heavy atom. The van der Waals surface area contributed by atoms with Crippen LogP contribution in [0, 0.1) is 0 Å². The summed E-state index contributed by atoms with van der Waals surface area (Å²) in [4.78, 5) is 26.6. The standard InChI is InChI=1S/C26H41N3O4/c1-18(29-19(2)22(29)20-14-10-9-11-15-20)21(28-24(31)33-26(6,7)8)16-12-13-17-27-23(30)32-25(3,4)5/h9-11,14-15,19,21-22H,1,12-13,16-17H2,2-8H3,(H,27,30)(H,28,31)/t19-,21-,22-,29?/m0/s1. The van der Waals surface area contributed by atoms with Crippen molar-refractivity contribution in [1.29, 1.82) is 0 Å². The van der Waals surface area contributed by atoms with Crippen molar-refractivity contribution in [3.8, 4) is 0 Å². The fourth-order valence-corrected chi connectivity index (χ4v) is 3.81. The van der Waals surface area contributed by atoms with Gasteiger partial charge in [-0.1, -0.05) is 36.9 Å². The number of amides is 2. The van der Waals surface area contributed by atoms with Gasteiger partial charge in [0.25, 0.3) is 0 Å². The first-order valence-electron chi connectivity index (χ1n) is 11.8. The summed E-state index contributed by atoms with van der Waals surface area (Å²) in [5, 5.41) is 5.78. The molecule has 3 atom stereocenters. The van der Waals surface area contributed by atoms with Gasteiger partial charge in [-0.05, 0) is 73.3 Å². The number of hydrogen-bond acceptors (Lipinski definition) is 5. The van der Waals surface area contributed by atoms with Crippen molar-refractivity contribution in [2.45, 2.75) is 97.1 Å². The zero-order chi connectivity index (χ0) is 24.8. The normalized spacial score (nSPS) is 18.8. The minimum Gasteiger partial charge on any atom is -0.444 e. The largest absolute Gasteiger partial charge is 0.444 e. The molecule has 7 heteroatoms. The summed E-state index contributed by atoms with van der Waals surface area (Å²) in [6.45, 7) is 18.0. The van der Waals surface area contributed by atoms with Crippen LogP contribution in [0.5, 0.6) is 0 Å². The van der Waals surface area contributed by atoms with E-state index in [4.69, 9.17) is 9.47 Å². The number of rotatable bonds is 9. The number of nitrogens with one attached hydrogen (secondary N) is 2. The van der Waals surface area contributed by atoms with Crippen molar-refractivity contribution in [3.63, 3.8) is 0 Å². The molecule has 0 spiro atoms. The van der Waals surface area contributed by atoms with Crippen LogP contribution in [-0.4, -0.2) is 46.9 Å². The molecule has 0 bridgehead atoms. The number of alkyl carbamates (subject to hydrolysis) is 2. The zero-order valence-corrected chi connectivity index (χ0v) is 21.2. The molecule has 7 nitrogen and oxygen atoms in total. The Morgan fingerprint density at radius 3 is 2.15 bits per heavy atom. The molecule has 0 aliphatic carbocycles. The molecule has 2 amide bonds. The average molecular weight is 460 g/mol. The third-order valence-electron chi connectivity index (χ3n) is 5.26. The van der Waals surface area contributed by atoms with Gasteiger partial charge in [0, 0.05) is 12.2 Å². The second-order valence-electron chi connectivity index (χ2n) is 10.6. The van der Waals surface area contributed by atoms with E-state index < -0.39 is 23.4 Å². The van der Waals surface area contributed by atoms with Crippen LogP contribution in [0.25, 0.3) is 0 Å². The van der Waals surface area contributed by atoms with E-state index in [9.17, 15) is 9.59 Å². The Hall–Kier alpha value is -2.70. The van der Waals surface area contributed by atoms with E-state index in [1.165, 1.54) is 5.56 Å². The molecule has 33 heavy (non-hydrogen) atoms. The van der Waals surface area contributed by atoms with Crippen LogP contribution in [-0.2, 0) is 9.47 Å². The first-order valence-corrected chi connectivity index (χ1v) is 11.8. The molecule has 1 saturated heterocycles. The van der Waals surface area contributed by atoms with E-state index >= 15 is 0 Å². The maximum atomic E-state index is 12.5. The third kappa shape index (κ3) is 8.98. The summed E-state index contributed by atoms with van der Waals surface area (Å²) in [6.07, 6.45) is 1.38. The fourth-order valence-electron chi connectivity index (χ4n) is 3.81. The number of ether oxygens (including phenoxy) is 2. The van der Waals surface area contributed by atoms with Crippen molar-refractivity contribution in [2.75, 3.05) is 6.54 Å². The molecule has 1 heterocycles. The first kappa shape index (κ1) is 26.6. The van der Waals surface area contributed by atoms with E-state index in [2.05, 4.69) is 41.2 Å². The summed E-state index contributed by atoms with van der Waals surface area (Å²) in [5.41, 5.74) is 1.02. The number of benzene rings is 1. The molecule has 1 aromatic carbocycles. The fraction of sp³-hybridized carbons (Fsp3) is 0.615. The van der Waals surface area contributed by atoms with Crippen LogP contribution >= 0.6 is 0 Å². The van der Waals surface area contributed by atoms with Gasteiger partial charge in [0.05, 0.1) is 18.1 Å². The van der Waals surface area contributed by atoms with Gasteiger partial charge in [0.15, 0.2) is 0 Å². The molecular weight excluding hydrogens is 418 g/mol. The highest BCUT2D eigenvalue weighted by atomic mass is 16.6. The Morgan fingerprint density at radius 1 is 1.00 bits per heavy atom. The smallest absolute Gasteiger partial charge is 0.408 e. The zero-order valence-electron chi connectivity index (χ0n) is 21.2. The molecule has 0 aromatic heterocycles. The highest BCUT2D eigenvalue weighted by Gasteiger charge is 2.47. The van der Waals surface area contributed by atoms with Crippen LogP contribution in [0.2, 0.25) is 0 Å². The summed E-state index contributed by atoms with van der Waals surface area (Å²) in [7, 11) is 0. The molecular formula is C26H41N3O4. The van der Waals surface area contributed by atoms with Crippen LogP contribution < -0.4 is 10.6 Å². The van der Waals surface area contributed by atoms with Crippen LogP contribution in [0.1, 0.15) is 79.3 Å². The van der Waals surface area contributed by atoms with Crippen molar-refractivity contribution in [2.24, 2.45) is 0 Å². The number of carbonyl (C=O) groups excluding carboxylic acids is 2. The van der Waals surface area contributed by atoms with E-state index in [1.807, 2.05) is 59.7 Å². The molecule has 1 aliphatic rings. The molecule has 0 radical (unpaired) electrons. The summed E-state index contributed by atoms with van der Waals surface area (Å²) >= 11 is 0. The quantitative estimate of drug-likeness (QED) is 0.375. The first-order chi connectivity index (χ1) is 15.3. The number of unbranched alkanes of at least 4 members (excludes halogenated alkanes) is 1. The predicted molar refractivity (Wildman–Crippen MR) is 131 cm³/mol. The Bertz CT molecular complexity index is 811. The lowest BCUT2D eigenvalue weighted by Crippen LogP contribution is -2.41. The van der Waals surface area contributed by atoms with E-state index in [0.29, 0.717) is 19.0 Å². The van der Waals surface area contributed by atoms with Gasteiger partial charge < -0.3 is 25.0 Å². The minimum atomic E-state index is -0.576. The highest BCUT2D eigenvalue weighted by Crippen LogP contribution is 2.46. The van der Waals surface area contributed by atoms with Gasteiger partial charge in [-0.25, -0.2) is 9.59 Å². The van der Waals surface area contributed by atoms with Crippen molar-refractivity contribution in [1.82, 2.24) is 15.5 Å². The monoisotopic (exact) mass is 459 g/mol. The van der Waals surface area contributed by atoms with Gasteiger partial charge >= 0.3 is 12.2 Å². The van der Waals surface area contributed by atoms with Gasteiger partial charge in [-0.3, -0.25) is 0 Å². The van der Waals surface area contributed by atoms with Gasteiger partial charge in [0.2, 0.25) is 0 Å². The predicted octanol–water partition coefficient (Wildman–Crippen LogP) is 5.53. The number of nitrogens with zero attached hydrogens (tertiary/aromatic N) is 1. The van der Waals surface area contributed by atoms with E-state index in [0.717, 1.165) is 18.5 Å². The van der Waals surface area contributed by atoms with E-state index in [-0.39, 0.29) is 12.1 Å². The molecule has 2 N–H and O–H groups in total. The highest BCUT2D eigenvalue weighted by molar-refractivity contribution is 5.68. The van der Waals surface area contributed by atoms with Crippen LogP contribution in [0.3, 0.4) is 0 Å². The topological polar surface area (TPSA) is 79.7 Å². The van der Waals surface area contributed by atoms with Gasteiger partial charge in [-0.2, -0.15) is 0 Å². The number of carbonyl (C=O) groups is 2. The molecule has 1 aromatic rings. The minimum absolute atomic E-state index is 0.252. The Balaban J connectivity index is 1.94.